The summed E-state index contributed by atoms with van der Waals surface area (Å²) >= 11 is 0. The number of rotatable bonds is 9. The molecular formula is C20H27N3O7. The van der Waals surface area contributed by atoms with Gasteiger partial charge < -0.3 is 24.8 Å². The van der Waals surface area contributed by atoms with Crippen LogP contribution in [0.4, 0.5) is 4.79 Å². The van der Waals surface area contributed by atoms with Crippen molar-refractivity contribution in [3.63, 3.8) is 0 Å². The highest BCUT2D eigenvalue weighted by molar-refractivity contribution is 6.08. The van der Waals surface area contributed by atoms with Gasteiger partial charge in [0.2, 0.25) is 0 Å². The number of urea groups is 1. The number of carbonyl (C=O) groups is 4. The van der Waals surface area contributed by atoms with Crippen molar-refractivity contribution in [2.75, 3.05) is 20.8 Å². The van der Waals surface area contributed by atoms with E-state index < -0.39 is 42.0 Å². The van der Waals surface area contributed by atoms with Gasteiger partial charge in [0.15, 0.2) is 17.6 Å². The molecule has 1 fully saturated rings. The van der Waals surface area contributed by atoms with Crippen molar-refractivity contribution in [1.29, 1.82) is 0 Å². The molecule has 0 unspecified atom stereocenters. The third kappa shape index (κ3) is 5.00. The first-order valence-electron chi connectivity index (χ1n) is 9.47. The highest BCUT2D eigenvalue weighted by Gasteiger charge is 2.47. The molecule has 2 N–H and O–H groups in total. The van der Waals surface area contributed by atoms with Gasteiger partial charge in [-0.1, -0.05) is 13.0 Å². The van der Waals surface area contributed by atoms with Crippen molar-refractivity contribution >= 4 is 23.8 Å². The third-order valence-electron chi connectivity index (χ3n) is 4.93. The zero-order valence-corrected chi connectivity index (χ0v) is 17.7. The van der Waals surface area contributed by atoms with Crippen molar-refractivity contribution in [3.05, 3.63) is 23.8 Å². The lowest BCUT2D eigenvalue weighted by atomic mass is 9.99. The van der Waals surface area contributed by atoms with Crippen LogP contribution in [0.25, 0.3) is 0 Å². The van der Waals surface area contributed by atoms with E-state index in [9.17, 15) is 19.2 Å². The smallest absolute Gasteiger partial charge is 0.327 e. The molecule has 0 radical (unpaired) electrons. The number of hydrogen-bond acceptors (Lipinski definition) is 7. The lowest BCUT2D eigenvalue weighted by Crippen LogP contribution is -2.44. The summed E-state index contributed by atoms with van der Waals surface area (Å²) in [6, 6.07) is 4.54. The maximum atomic E-state index is 12.3. The molecule has 0 aromatic heterocycles. The first kappa shape index (κ1) is 23.0. The Morgan fingerprint density at radius 1 is 1.20 bits per heavy atom. The number of esters is 1. The van der Waals surface area contributed by atoms with E-state index in [4.69, 9.17) is 14.2 Å². The molecule has 2 atom stereocenters. The van der Waals surface area contributed by atoms with E-state index in [1.807, 2.05) is 0 Å². The van der Waals surface area contributed by atoms with Crippen LogP contribution in [0, 0.1) is 0 Å². The highest BCUT2D eigenvalue weighted by Crippen LogP contribution is 2.27. The molecule has 10 nitrogen and oxygen atoms in total. The summed E-state index contributed by atoms with van der Waals surface area (Å²) in [5.74, 6) is -0.787. The molecule has 1 aliphatic rings. The molecule has 1 saturated heterocycles. The number of carbonyl (C=O) groups excluding carboxylic acids is 4. The van der Waals surface area contributed by atoms with Crippen molar-refractivity contribution < 1.29 is 33.4 Å². The summed E-state index contributed by atoms with van der Waals surface area (Å²) < 4.78 is 15.5. The van der Waals surface area contributed by atoms with Crippen LogP contribution in [0.2, 0.25) is 0 Å². The number of nitrogens with one attached hydrogen (secondary N) is 2. The van der Waals surface area contributed by atoms with Gasteiger partial charge in [-0.15, -0.1) is 0 Å². The summed E-state index contributed by atoms with van der Waals surface area (Å²) in [6.45, 7) is 4.37. The number of methoxy groups -OCH3 is 2. The van der Waals surface area contributed by atoms with E-state index >= 15 is 0 Å². The molecule has 0 spiro atoms. The predicted octanol–water partition coefficient (Wildman–Crippen LogP) is 0.972. The van der Waals surface area contributed by atoms with Crippen LogP contribution in [-0.4, -0.2) is 61.1 Å². The van der Waals surface area contributed by atoms with Crippen molar-refractivity contribution in [1.82, 2.24) is 15.5 Å². The Morgan fingerprint density at radius 3 is 2.43 bits per heavy atom. The molecule has 0 bridgehead atoms. The van der Waals surface area contributed by atoms with Gasteiger partial charge in [-0.2, -0.15) is 0 Å². The fraction of sp³-hybridized carbons (Fsp3) is 0.500. The van der Waals surface area contributed by atoms with Crippen molar-refractivity contribution in [2.45, 2.75) is 45.4 Å². The largest absolute Gasteiger partial charge is 0.493 e. The van der Waals surface area contributed by atoms with Crippen LogP contribution < -0.4 is 20.1 Å². The van der Waals surface area contributed by atoms with Gasteiger partial charge in [0.1, 0.15) is 12.1 Å². The summed E-state index contributed by atoms with van der Waals surface area (Å²) in [6.07, 6.45) is -0.714. The summed E-state index contributed by atoms with van der Waals surface area (Å²) in [4.78, 5) is 49.4. The molecule has 4 amide bonds. The van der Waals surface area contributed by atoms with Gasteiger partial charge in [0.25, 0.3) is 11.8 Å². The average Bonchev–Trinajstić information content (AvgIpc) is 2.94. The minimum absolute atomic E-state index is 0.183. The molecule has 1 aromatic rings. The van der Waals surface area contributed by atoms with Crippen molar-refractivity contribution in [2.24, 2.45) is 0 Å². The van der Waals surface area contributed by atoms with Crippen LogP contribution >= 0.6 is 0 Å². The normalized spacial score (nSPS) is 19.2. The predicted molar refractivity (Wildman–Crippen MR) is 106 cm³/mol. The Hall–Kier alpha value is -3.30. The molecule has 1 aliphatic heterocycles. The molecule has 1 aromatic carbocycles. The van der Waals surface area contributed by atoms with Crippen LogP contribution in [0.5, 0.6) is 11.5 Å². The molecule has 0 saturated carbocycles. The maximum absolute atomic E-state index is 12.3. The molecule has 10 heteroatoms. The number of nitrogens with zero attached hydrogens (tertiary/aromatic N) is 1. The second kappa shape index (κ2) is 9.47. The van der Waals surface area contributed by atoms with E-state index in [0.29, 0.717) is 17.9 Å². The molecule has 30 heavy (non-hydrogen) atoms. The van der Waals surface area contributed by atoms with E-state index in [2.05, 4.69) is 10.6 Å². The minimum atomic E-state index is -1.10. The Bertz CT molecular complexity index is 842. The molecule has 0 aliphatic carbocycles. The molecular weight excluding hydrogens is 394 g/mol. The van der Waals surface area contributed by atoms with Crippen LogP contribution in [0.15, 0.2) is 18.2 Å². The monoisotopic (exact) mass is 421 g/mol. The lowest BCUT2D eigenvalue weighted by Gasteiger charge is -2.19. The zero-order chi connectivity index (χ0) is 22.5. The highest BCUT2D eigenvalue weighted by atomic mass is 16.5. The standard InChI is InChI=1S/C20H27N3O7/c1-6-20(3)18(26)23(19(27)22-20)11-16(24)30-12(2)17(25)21-10-13-7-8-14(28-4)15(9-13)29-5/h7-9,12H,6,10-11H2,1-5H3,(H,21,25)(H,22,27)/t12-,20+/m1/s1. The van der Waals surface area contributed by atoms with Gasteiger partial charge in [-0.3, -0.25) is 19.3 Å². The van der Waals surface area contributed by atoms with Gasteiger partial charge in [0, 0.05) is 6.54 Å². The summed E-state index contributed by atoms with van der Waals surface area (Å²) in [5, 5.41) is 5.20. The van der Waals surface area contributed by atoms with Gasteiger partial charge in [0.05, 0.1) is 14.2 Å². The fourth-order valence-electron chi connectivity index (χ4n) is 2.87. The first-order valence-corrected chi connectivity index (χ1v) is 9.47. The van der Waals surface area contributed by atoms with Crippen LogP contribution in [-0.2, 0) is 25.7 Å². The molecule has 2 rings (SSSR count). The average molecular weight is 421 g/mol. The van der Waals surface area contributed by atoms with Gasteiger partial charge in [-0.25, -0.2) is 4.79 Å². The van der Waals surface area contributed by atoms with E-state index in [-0.39, 0.29) is 6.54 Å². The number of ether oxygens (including phenoxy) is 3. The topological polar surface area (TPSA) is 123 Å². The number of hydrogen-bond donors (Lipinski definition) is 2. The first-order chi connectivity index (χ1) is 14.1. The fourth-order valence-corrected chi connectivity index (χ4v) is 2.87. The Morgan fingerprint density at radius 2 is 1.87 bits per heavy atom. The SMILES string of the molecule is CC[C@]1(C)NC(=O)N(CC(=O)O[C@H](C)C(=O)NCc2ccc(OC)c(OC)c2)C1=O. The minimum Gasteiger partial charge on any atom is -0.493 e. The van der Waals surface area contributed by atoms with E-state index in [1.165, 1.54) is 21.1 Å². The maximum Gasteiger partial charge on any atom is 0.327 e. The van der Waals surface area contributed by atoms with Crippen LogP contribution in [0.1, 0.15) is 32.8 Å². The molecule has 164 valence electrons. The summed E-state index contributed by atoms with van der Waals surface area (Å²) in [5.41, 5.74) is -0.280. The second-order valence-electron chi connectivity index (χ2n) is 7.05. The lowest BCUT2D eigenvalue weighted by molar-refractivity contribution is -0.156. The van der Waals surface area contributed by atoms with Gasteiger partial charge >= 0.3 is 12.0 Å². The molecule has 1 heterocycles. The van der Waals surface area contributed by atoms with E-state index in [1.54, 1.807) is 32.0 Å². The van der Waals surface area contributed by atoms with Crippen LogP contribution in [0.3, 0.4) is 0 Å². The Balaban J connectivity index is 1.88. The number of benzene rings is 1. The van der Waals surface area contributed by atoms with Crippen molar-refractivity contribution in [3.8, 4) is 11.5 Å². The number of amides is 4. The second-order valence-corrected chi connectivity index (χ2v) is 7.05. The zero-order valence-electron chi connectivity index (χ0n) is 17.7. The number of imide groups is 1. The van der Waals surface area contributed by atoms with E-state index in [0.717, 1.165) is 10.5 Å². The Labute approximate surface area is 174 Å². The third-order valence-corrected chi connectivity index (χ3v) is 4.93. The van der Waals surface area contributed by atoms with Gasteiger partial charge in [-0.05, 0) is 38.0 Å². The quantitative estimate of drug-likeness (QED) is 0.450. The Kier molecular flexibility index (Phi) is 7.25. The summed E-state index contributed by atoms with van der Waals surface area (Å²) in [7, 11) is 3.04.